The highest BCUT2D eigenvalue weighted by atomic mass is 16.5. The SMILES string of the molecule is CCOCC(NC(=O)c1ccc(C(=O)O)o1)C(C)C. The van der Waals surface area contributed by atoms with Gasteiger partial charge in [-0.25, -0.2) is 4.79 Å². The van der Waals surface area contributed by atoms with E-state index in [-0.39, 0.29) is 23.5 Å². The number of carbonyl (C=O) groups excluding carboxylic acids is 1. The van der Waals surface area contributed by atoms with E-state index < -0.39 is 11.9 Å². The van der Waals surface area contributed by atoms with Gasteiger partial charge in [0.1, 0.15) is 0 Å². The van der Waals surface area contributed by atoms with Gasteiger partial charge in [0.05, 0.1) is 12.6 Å². The van der Waals surface area contributed by atoms with E-state index in [4.69, 9.17) is 14.3 Å². The third-order valence-corrected chi connectivity index (χ3v) is 2.66. The van der Waals surface area contributed by atoms with Crippen molar-refractivity contribution in [3.63, 3.8) is 0 Å². The number of carboxylic acids is 1. The molecule has 1 rings (SSSR count). The molecule has 1 aromatic heterocycles. The van der Waals surface area contributed by atoms with Crippen molar-refractivity contribution in [2.45, 2.75) is 26.8 Å². The number of amides is 1. The lowest BCUT2D eigenvalue weighted by molar-refractivity contribution is 0.0656. The molecule has 1 atom stereocenters. The number of furan rings is 1. The molecule has 0 saturated carbocycles. The highest BCUT2D eigenvalue weighted by molar-refractivity contribution is 5.93. The fourth-order valence-electron chi connectivity index (χ4n) is 1.46. The van der Waals surface area contributed by atoms with Gasteiger partial charge in [0.2, 0.25) is 5.76 Å². The van der Waals surface area contributed by atoms with Gasteiger partial charge in [-0.2, -0.15) is 0 Å². The number of carboxylic acid groups (broad SMARTS) is 1. The maximum atomic E-state index is 11.9. The molecule has 0 radical (unpaired) electrons. The topological polar surface area (TPSA) is 88.8 Å². The Morgan fingerprint density at radius 2 is 2.00 bits per heavy atom. The van der Waals surface area contributed by atoms with E-state index in [1.165, 1.54) is 12.1 Å². The van der Waals surface area contributed by atoms with Crippen molar-refractivity contribution >= 4 is 11.9 Å². The molecule has 0 bridgehead atoms. The molecule has 0 aliphatic rings. The van der Waals surface area contributed by atoms with Gasteiger partial charge >= 0.3 is 5.97 Å². The standard InChI is InChI=1S/C13H19NO5/c1-4-18-7-9(8(2)3)14-12(15)10-5-6-11(19-10)13(16)17/h5-6,8-9H,4,7H2,1-3H3,(H,14,15)(H,16,17). The molecule has 0 fully saturated rings. The second-order valence-electron chi connectivity index (χ2n) is 4.45. The summed E-state index contributed by atoms with van der Waals surface area (Å²) in [4.78, 5) is 22.6. The summed E-state index contributed by atoms with van der Waals surface area (Å²) in [5.41, 5.74) is 0. The Labute approximate surface area is 111 Å². The van der Waals surface area contributed by atoms with Gasteiger partial charge in [0.25, 0.3) is 5.91 Å². The first-order chi connectivity index (χ1) is 8.95. The van der Waals surface area contributed by atoms with Crippen LogP contribution in [0.5, 0.6) is 0 Å². The molecule has 106 valence electrons. The molecule has 0 spiro atoms. The minimum absolute atomic E-state index is 0.0143. The predicted molar refractivity (Wildman–Crippen MR) is 68.3 cm³/mol. The minimum Gasteiger partial charge on any atom is -0.475 e. The predicted octanol–water partition coefficient (Wildman–Crippen LogP) is 1.77. The van der Waals surface area contributed by atoms with E-state index >= 15 is 0 Å². The number of nitrogens with one attached hydrogen (secondary N) is 1. The fraction of sp³-hybridized carbons (Fsp3) is 0.538. The number of hydrogen-bond acceptors (Lipinski definition) is 4. The quantitative estimate of drug-likeness (QED) is 0.787. The number of carbonyl (C=O) groups is 2. The van der Waals surface area contributed by atoms with Gasteiger partial charge in [0.15, 0.2) is 5.76 Å². The summed E-state index contributed by atoms with van der Waals surface area (Å²) < 4.78 is 10.2. The van der Waals surface area contributed by atoms with Crippen LogP contribution in [0.15, 0.2) is 16.5 Å². The zero-order valence-corrected chi connectivity index (χ0v) is 11.3. The number of aromatic carboxylic acids is 1. The monoisotopic (exact) mass is 269 g/mol. The fourth-order valence-corrected chi connectivity index (χ4v) is 1.46. The molecule has 0 aliphatic carbocycles. The zero-order valence-electron chi connectivity index (χ0n) is 11.3. The molecule has 19 heavy (non-hydrogen) atoms. The molecule has 2 N–H and O–H groups in total. The Kier molecular flexibility index (Phi) is 5.57. The van der Waals surface area contributed by atoms with Crippen molar-refractivity contribution in [2.75, 3.05) is 13.2 Å². The first kappa shape index (κ1) is 15.2. The molecular formula is C13H19NO5. The van der Waals surface area contributed by atoms with Crippen molar-refractivity contribution in [1.29, 1.82) is 0 Å². The highest BCUT2D eigenvalue weighted by Gasteiger charge is 2.20. The second kappa shape index (κ2) is 6.94. The smallest absolute Gasteiger partial charge is 0.371 e. The molecule has 1 amide bonds. The van der Waals surface area contributed by atoms with E-state index in [0.29, 0.717) is 13.2 Å². The summed E-state index contributed by atoms with van der Waals surface area (Å²) in [5.74, 6) is -1.71. The number of ether oxygens (including phenoxy) is 1. The average molecular weight is 269 g/mol. The summed E-state index contributed by atoms with van der Waals surface area (Å²) in [7, 11) is 0. The first-order valence-electron chi connectivity index (χ1n) is 6.17. The second-order valence-corrected chi connectivity index (χ2v) is 4.45. The van der Waals surface area contributed by atoms with Crippen LogP contribution in [0.25, 0.3) is 0 Å². The lowest BCUT2D eigenvalue weighted by Crippen LogP contribution is -2.41. The van der Waals surface area contributed by atoms with Gasteiger partial charge in [-0.3, -0.25) is 4.79 Å². The summed E-state index contributed by atoms with van der Waals surface area (Å²) in [5, 5.41) is 11.5. The molecule has 0 aliphatic heterocycles. The van der Waals surface area contributed by atoms with Crippen LogP contribution in [0.3, 0.4) is 0 Å². The molecule has 1 heterocycles. The van der Waals surface area contributed by atoms with Crippen LogP contribution in [0.4, 0.5) is 0 Å². The maximum Gasteiger partial charge on any atom is 0.371 e. The zero-order chi connectivity index (χ0) is 14.4. The van der Waals surface area contributed by atoms with Crippen molar-refractivity contribution in [1.82, 2.24) is 5.32 Å². The van der Waals surface area contributed by atoms with E-state index in [9.17, 15) is 9.59 Å². The Balaban J connectivity index is 2.67. The highest BCUT2D eigenvalue weighted by Crippen LogP contribution is 2.09. The third-order valence-electron chi connectivity index (χ3n) is 2.66. The Hall–Kier alpha value is -1.82. The third kappa shape index (κ3) is 4.40. The van der Waals surface area contributed by atoms with E-state index in [1.807, 2.05) is 20.8 Å². The molecule has 1 aromatic rings. The van der Waals surface area contributed by atoms with Crippen LogP contribution in [-0.2, 0) is 4.74 Å². The van der Waals surface area contributed by atoms with Crippen molar-refractivity contribution < 1.29 is 23.8 Å². The summed E-state index contributed by atoms with van der Waals surface area (Å²) in [6.07, 6.45) is 0. The Bertz CT molecular complexity index is 438. The molecular weight excluding hydrogens is 250 g/mol. The van der Waals surface area contributed by atoms with Gasteiger partial charge < -0.3 is 19.6 Å². The lowest BCUT2D eigenvalue weighted by Gasteiger charge is -2.21. The average Bonchev–Trinajstić information content (AvgIpc) is 2.83. The normalized spacial score (nSPS) is 12.4. The molecule has 1 unspecified atom stereocenters. The molecule has 6 heteroatoms. The van der Waals surface area contributed by atoms with Crippen LogP contribution >= 0.6 is 0 Å². The van der Waals surface area contributed by atoms with E-state index in [2.05, 4.69) is 5.32 Å². The summed E-state index contributed by atoms with van der Waals surface area (Å²) >= 11 is 0. The first-order valence-corrected chi connectivity index (χ1v) is 6.17. The van der Waals surface area contributed by atoms with Gasteiger partial charge in [-0.05, 0) is 25.0 Å². The van der Waals surface area contributed by atoms with Crippen LogP contribution < -0.4 is 5.32 Å². The van der Waals surface area contributed by atoms with Crippen molar-refractivity contribution in [3.8, 4) is 0 Å². The number of hydrogen-bond donors (Lipinski definition) is 2. The summed E-state index contributed by atoms with van der Waals surface area (Å²) in [6.45, 7) is 6.80. The molecule has 0 aromatic carbocycles. The maximum absolute atomic E-state index is 11.9. The van der Waals surface area contributed by atoms with Crippen LogP contribution in [-0.4, -0.2) is 36.2 Å². The molecule has 0 saturated heterocycles. The lowest BCUT2D eigenvalue weighted by atomic mass is 10.1. The van der Waals surface area contributed by atoms with Crippen LogP contribution in [0, 0.1) is 5.92 Å². The summed E-state index contributed by atoms with van der Waals surface area (Å²) in [6, 6.07) is 2.45. The largest absolute Gasteiger partial charge is 0.475 e. The van der Waals surface area contributed by atoms with Gasteiger partial charge in [0, 0.05) is 6.61 Å². The van der Waals surface area contributed by atoms with Crippen LogP contribution in [0.2, 0.25) is 0 Å². The molecule has 6 nitrogen and oxygen atoms in total. The van der Waals surface area contributed by atoms with E-state index in [1.54, 1.807) is 0 Å². The Morgan fingerprint density at radius 1 is 1.37 bits per heavy atom. The van der Waals surface area contributed by atoms with Crippen molar-refractivity contribution in [3.05, 3.63) is 23.7 Å². The van der Waals surface area contributed by atoms with Gasteiger partial charge in [-0.15, -0.1) is 0 Å². The van der Waals surface area contributed by atoms with E-state index in [0.717, 1.165) is 0 Å². The van der Waals surface area contributed by atoms with Crippen LogP contribution in [0.1, 0.15) is 41.9 Å². The minimum atomic E-state index is -1.20. The Morgan fingerprint density at radius 3 is 2.47 bits per heavy atom. The van der Waals surface area contributed by atoms with Crippen molar-refractivity contribution in [2.24, 2.45) is 5.92 Å². The van der Waals surface area contributed by atoms with Gasteiger partial charge in [-0.1, -0.05) is 13.8 Å². The number of rotatable bonds is 7.